The third kappa shape index (κ3) is 3.93. The van der Waals surface area contributed by atoms with Crippen molar-refractivity contribution in [3.8, 4) is 5.75 Å². The Kier molecular flexibility index (Phi) is 4.46. The summed E-state index contributed by atoms with van der Waals surface area (Å²) in [6, 6.07) is 5.17. The van der Waals surface area contributed by atoms with Gasteiger partial charge in [-0.3, -0.25) is 4.90 Å². The zero-order valence-electron chi connectivity index (χ0n) is 12.2. The zero-order valence-corrected chi connectivity index (χ0v) is 12.2. The number of likely N-dealkylation sites (tertiary alicyclic amines) is 1. The molecule has 1 aromatic rings. The fourth-order valence-electron chi connectivity index (χ4n) is 2.37. The van der Waals surface area contributed by atoms with Crippen LogP contribution < -0.4 is 4.74 Å². The van der Waals surface area contributed by atoms with E-state index in [-0.39, 0.29) is 11.2 Å². The van der Waals surface area contributed by atoms with Crippen molar-refractivity contribution in [3.05, 3.63) is 29.6 Å². The molecule has 1 aromatic carbocycles. The van der Waals surface area contributed by atoms with Crippen molar-refractivity contribution < 1.29 is 9.13 Å². The highest BCUT2D eigenvalue weighted by Crippen LogP contribution is 2.27. The van der Waals surface area contributed by atoms with Gasteiger partial charge >= 0.3 is 0 Å². The third-order valence-electron chi connectivity index (χ3n) is 3.66. The van der Waals surface area contributed by atoms with Gasteiger partial charge < -0.3 is 4.74 Å². The number of hydrogen-bond donors (Lipinski definition) is 0. The van der Waals surface area contributed by atoms with Gasteiger partial charge in [-0.15, -0.1) is 0 Å². The van der Waals surface area contributed by atoms with Gasteiger partial charge in [0, 0.05) is 6.54 Å². The van der Waals surface area contributed by atoms with Crippen LogP contribution in [-0.2, 0) is 5.41 Å². The standard InChI is InChI=1S/C16H24FNO/c1-16(2,3)13-6-7-14(17)15(12-13)19-11-10-18-8-4-5-9-18/h6-7,12H,4-5,8-11H2,1-3H3. The van der Waals surface area contributed by atoms with Gasteiger partial charge in [0.2, 0.25) is 0 Å². The van der Waals surface area contributed by atoms with Crippen molar-refractivity contribution in [1.29, 1.82) is 0 Å². The monoisotopic (exact) mass is 265 g/mol. The van der Waals surface area contributed by atoms with Crippen LogP contribution in [0.1, 0.15) is 39.2 Å². The van der Waals surface area contributed by atoms with Crippen molar-refractivity contribution in [2.24, 2.45) is 0 Å². The Balaban J connectivity index is 1.94. The highest BCUT2D eigenvalue weighted by Gasteiger charge is 2.17. The molecule has 19 heavy (non-hydrogen) atoms. The van der Waals surface area contributed by atoms with E-state index in [1.807, 2.05) is 12.1 Å². The Labute approximate surface area is 115 Å². The molecule has 0 radical (unpaired) electrons. The molecular weight excluding hydrogens is 241 g/mol. The second-order valence-electron chi connectivity index (χ2n) is 6.29. The summed E-state index contributed by atoms with van der Waals surface area (Å²) in [6.45, 7) is 10.1. The maximum absolute atomic E-state index is 13.7. The Morgan fingerprint density at radius 1 is 1.21 bits per heavy atom. The first-order valence-corrected chi connectivity index (χ1v) is 7.12. The summed E-state index contributed by atoms with van der Waals surface area (Å²) in [5.74, 6) is 0.112. The van der Waals surface area contributed by atoms with Crippen LogP contribution in [-0.4, -0.2) is 31.1 Å². The van der Waals surface area contributed by atoms with Crippen molar-refractivity contribution in [3.63, 3.8) is 0 Å². The van der Waals surface area contributed by atoms with E-state index in [9.17, 15) is 4.39 Å². The van der Waals surface area contributed by atoms with Gasteiger partial charge in [0.1, 0.15) is 6.61 Å². The Morgan fingerprint density at radius 2 is 1.89 bits per heavy atom. The van der Waals surface area contributed by atoms with E-state index in [0.29, 0.717) is 12.4 Å². The second kappa shape index (κ2) is 5.91. The predicted octanol–water partition coefficient (Wildman–Crippen LogP) is 3.60. The molecule has 0 unspecified atom stereocenters. The zero-order chi connectivity index (χ0) is 13.9. The van der Waals surface area contributed by atoms with Crippen LogP contribution in [0.3, 0.4) is 0 Å². The number of ether oxygens (including phenoxy) is 1. The number of rotatable bonds is 4. The van der Waals surface area contributed by atoms with Crippen LogP contribution in [0.15, 0.2) is 18.2 Å². The van der Waals surface area contributed by atoms with Gasteiger partial charge in [-0.2, -0.15) is 0 Å². The highest BCUT2D eigenvalue weighted by atomic mass is 19.1. The molecule has 2 rings (SSSR count). The van der Waals surface area contributed by atoms with E-state index >= 15 is 0 Å². The smallest absolute Gasteiger partial charge is 0.165 e. The fourth-order valence-corrected chi connectivity index (χ4v) is 2.37. The maximum Gasteiger partial charge on any atom is 0.165 e. The lowest BCUT2D eigenvalue weighted by atomic mass is 9.87. The van der Waals surface area contributed by atoms with Crippen LogP contribution in [0.5, 0.6) is 5.75 Å². The summed E-state index contributed by atoms with van der Waals surface area (Å²) in [4.78, 5) is 2.37. The van der Waals surface area contributed by atoms with E-state index in [2.05, 4.69) is 25.7 Å². The lowest BCUT2D eigenvalue weighted by Crippen LogP contribution is -2.25. The van der Waals surface area contributed by atoms with Crippen LogP contribution in [0.25, 0.3) is 0 Å². The Morgan fingerprint density at radius 3 is 2.53 bits per heavy atom. The summed E-state index contributed by atoms with van der Waals surface area (Å²) in [6.07, 6.45) is 2.54. The van der Waals surface area contributed by atoms with E-state index in [4.69, 9.17) is 4.74 Å². The number of halogens is 1. The summed E-state index contributed by atoms with van der Waals surface area (Å²) in [5.41, 5.74) is 1.12. The first-order chi connectivity index (χ1) is 8.97. The number of nitrogens with zero attached hydrogens (tertiary/aromatic N) is 1. The first-order valence-electron chi connectivity index (χ1n) is 7.12. The molecule has 0 aromatic heterocycles. The van der Waals surface area contributed by atoms with Crippen molar-refractivity contribution in [2.75, 3.05) is 26.2 Å². The predicted molar refractivity (Wildman–Crippen MR) is 76.3 cm³/mol. The van der Waals surface area contributed by atoms with E-state index < -0.39 is 0 Å². The molecule has 0 N–H and O–H groups in total. The molecule has 0 spiro atoms. The van der Waals surface area contributed by atoms with Gasteiger partial charge in [0.25, 0.3) is 0 Å². The molecule has 0 amide bonds. The molecule has 3 heteroatoms. The lowest BCUT2D eigenvalue weighted by molar-refractivity contribution is 0.230. The minimum absolute atomic E-state index is 0.0146. The topological polar surface area (TPSA) is 12.5 Å². The maximum atomic E-state index is 13.7. The third-order valence-corrected chi connectivity index (χ3v) is 3.66. The molecule has 1 heterocycles. The van der Waals surface area contributed by atoms with Gasteiger partial charge in [-0.1, -0.05) is 26.8 Å². The molecule has 0 saturated carbocycles. The molecule has 106 valence electrons. The average Bonchev–Trinajstić information content (AvgIpc) is 2.83. The molecule has 1 saturated heterocycles. The number of benzene rings is 1. The summed E-state index contributed by atoms with van der Waals surface area (Å²) < 4.78 is 19.3. The molecule has 2 nitrogen and oxygen atoms in total. The summed E-state index contributed by atoms with van der Waals surface area (Å²) >= 11 is 0. The van der Waals surface area contributed by atoms with E-state index in [0.717, 1.165) is 25.2 Å². The minimum Gasteiger partial charge on any atom is -0.489 e. The molecule has 1 fully saturated rings. The van der Waals surface area contributed by atoms with Crippen LogP contribution in [0.2, 0.25) is 0 Å². The largest absolute Gasteiger partial charge is 0.489 e. The Bertz CT molecular complexity index is 419. The quantitative estimate of drug-likeness (QED) is 0.824. The van der Waals surface area contributed by atoms with Gasteiger partial charge in [0.05, 0.1) is 0 Å². The van der Waals surface area contributed by atoms with E-state index in [1.165, 1.54) is 18.9 Å². The highest BCUT2D eigenvalue weighted by molar-refractivity contribution is 5.34. The van der Waals surface area contributed by atoms with Gasteiger partial charge in [-0.05, 0) is 49.0 Å². The molecule has 0 bridgehead atoms. The molecule has 1 aliphatic heterocycles. The van der Waals surface area contributed by atoms with Gasteiger partial charge in [-0.25, -0.2) is 4.39 Å². The summed E-state index contributed by atoms with van der Waals surface area (Å²) in [5, 5.41) is 0. The number of hydrogen-bond acceptors (Lipinski definition) is 2. The molecule has 0 atom stereocenters. The second-order valence-corrected chi connectivity index (χ2v) is 6.29. The van der Waals surface area contributed by atoms with Crippen molar-refractivity contribution >= 4 is 0 Å². The van der Waals surface area contributed by atoms with Crippen molar-refractivity contribution in [1.82, 2.24) is 4.90 Å². The van der Waals surface area contributed by atoms with Crippen LogP contribution in [0.4, 0.5) is 4.39 Å². The molecule has 1 aliphatic rings. The van der Waals surface area contributed by atoms with Crippen LogP contribution >= 0.6 is 0 Å². The summed E-state index contributed by atoms with van der Waals surface area (Å²) in [7, 11) is 0. The minimum atomic E-state index is -0.269. The van der Waals surface area contributed by atoms with Gasteiger partial charge in [0.15, 0.2) is 11.6 Å². The fraction of sp³-hybridized carbons (Fsp3) is 0.625. The van der Waals surface area contributed by atoms with Crippen molar-refractivity contribution in [2.45, 2.75) is 39.0 Å². The first kappa shape index (κ1) is 14.3. The Hall–Kier alpha value is -1.09. The van der Waals surface area contributed by atoms with E-state index in [1.54, 1.807) is 0 Å². The normalized spacial score (nSPS) is 16.8. The molecular formula is C16H24FNO. The lowest BCUT2D eigenvalue weighted by Gasteiger charge is -2.20. The average molecular weight is 265 g/mol. The SMILES string of the molecule is CC(C)(C)c1ccc(F)c(OCCN2CCCC2)c1. The van der Waals surface area contributed by atoms with Crippen LogP contribution in [0, 0.1) is 5.82 Å². The molecule has 0 aliphatic carbocycles.